The second-order valence-electron chi connectivity index (χ2n) is 9.93. The molecule has 188 valence electrons. The van der Waals surface area contributed by atoms with Crippen molar-refractivity contribution in [2.45, 2.75) is 104 Å². The summed E-state index contributed by atoms with van der Waals surface area (Å²) in [5, 5.41) is 4.21. The zero-order valence-electron chi connectivity index (χ0n) is 21.6. The number of halogens is 2. The fourth-order valence-corrected chi connectivity index (χ4v) is 3.80. The van der Waals surface area contributed by atoms with Crippen LogP contribution in [0.4, 0.5) is 8.78 Å². The van der Waals surface area contributed by atoms with Crippen molar-refractivity contribution in [2.24, 2.45) is 0 Å². The van der Waals surface area contributed by atoms with Gasteiger partial charge in [-0.05, 0) is 57.6 Å². The highest BCUT2D eigenvalue weighted by molar-refractivity contribution is 6.62. The number of alkyl halides is 2. The van der Waals surface area contributed by atoms with Crippen LogP contribution in [0.25, 0.3) is 0 Å². The third kappa shape index (κ3) is 5.69. The summed E-state index contributed by atoms with van der Waals surface area (Å²) >= 11 is 0. The van der Waals surface area contributed by atoms with Crippen molar-refractivity contribution in [2.75, 3.05) is 6.61 Å². The molecule has 1 aliphatic rings. The molecule has 2 heterocycles. The smallest absolute Gasteiger partial charge is 0.399 e. The van der Waals surface area contributed by atoms with Crippen molar-refractivity contribution in [1.82, 2.24) is 14.8 Å². The topological polar surface area (TPSA) is 58.4 Å². The number of ether oxygens (including phenoxy) is 1. The molecule has 2 aromatic rings. The van der Waals surface area contributed by atoms with E-state index in [2.05, 4.69) is 17.0 Å². The van der Waals surface area contributed by atoms with E-state index in [-0.39, 0.29) is 6.42 Å². The summed E-state index contributed by atoms with van der Waals surface area (Å²) in [5.41, 5.74) is 1.90. The summed E-state index contributed by atoms with van der Waals surface area (Å²) in [4.78, 5) is 4.21. The van der Waals surface area contributed by atoms with Crippen LogP contribution >= 0.6 is 0 Å². The highest BCUT2D eigenvalue weighted by atomic mass is 19.3. The Labute approximate surface area is 202 Å². The van der Waals surface area contributed by atoms with E-state index in [9.17, 15) is 8.78 Å². The predicted molar refractivity (Wildman–Crippen MR) is 129 cm³/mol. The van der Waals surface area contributed by atoms with Crippen LogP contribution in [0.1, 0.15) is 90.5 Å². The van der Waals surface area contributed by atoms with Crippen LogP contribution < -0.4 is 5.46 Å². The molecule has 0 saturated carbocycles. The van der Waals surface area contributed by atoms with Gasteiger partial charge >= 0.3 is 13.0 Å². The Bertz CT molecular complexity index is 962. The van der Waals surface area contributed by atoms with E-state index in [1.165, 1.54) is 6.92 Å². The Hall–Kier alpha value is -1.84. The number of aryl methyl sites for hydroxylation is 1. The van der Waals surface area contributed by atoms with Crippen LogP contribution in [0.2, 0.25) is 0 Å². The van der Waals surface area contributed by atoms with Gasteiger partial charge in [-0.2, -0.15) is 8.78 Å². The number of nitrogens with zero attached hydrogens (tertiary/aromatic N) is 3. The van der Waals surface area contributed by atoms with Gasteiger partial charge in [-0.15, -0.1) is 5.10 Å². The Morgan fingerprint density at radius 1 is 1.09 bits per heavy atom. The Morgan fingerprint density at radius 2 is 1.76 bits per heavy atom. The molecule has 3 rings (SSSR count). The second kappa shape index (κ2) is 10.4. The van der Waals surface area contributed by atoms with Crippen molar-refractivity contribution < 1.29 is 22.8 Å². The highest BCUT2D eigenvalue weighted by Crippen LogP contribution is 2.37. The van der Waals surface area contributed by atoms with Gasteiger partial charge in [0.15, 0.2) is 0 Å². The van der Waals surface area contributed by atoms with Crippen molar-refractivity contribution >= 4 is 12.6 Å². The monoisotopic (exact) mass is 477 g/mol. The van der Waals surface area contributed by atoms with Gasteiger partial charge in [0.25, 0.3) is 0 Å². The van der Waals surface area contributed by atoms with Gasteiger partial charge in [0, 0.05) is 19.4 Å². The fourth-order valence-electron chi connectivity index (χ4n) is 3.80. The largest absolute Gasteiger partial charge is 0.495 e. The maximum Gasteiger partial charge on any atom is 0.495 e. The minimum atomic E-state index is -3.03. The Balaban J connectivity index is 1.92. The van der Waals surface area contributed by atoms with Crippen molar-refractivity contribution in [3.8, 4) is 0 Å². The van der Waals surface area contributed by atoms with E-state index >= 15 is 0 Å². The second-order valence-corrected chi connectivity index (χ2v) is 9.93. The summed E-state index contributed by atoms with van der Waals surface area (Å²) in [6.45, 7) is 14.9. The van der Waals surface area contributed by atoms with Gasteiger partial charge in [-0.25, -0.2) is 9.67 Å². The molecule has 0 unspecified atom stereocenters. The number of hydrogen-bond donors (Lipinski definition) is 0. The number of hydrogen-bond acceptors (Lipinski definition) is 5. The van der Waals surface area contributed by atoms with Gasteiger partial charge in [0.05, 0.1) is 24.4 Å². The summed E-state index contributed by atoms with van der Waals surface area (Å²) in [5.74, 6) is -2.84. The average Bonchev–Trinajstić information content (AvgIpc) is 3.28. The van der Waals surface area contributed by atoms with E-state index in [4.69, 9.17) is 14.0 Å². The summed E-state index contributed by atoms with van der Waals surface area (Å²) in [6, 6.07) is 5.98. The molecule has 0 N–H and O–H groups in total. The van der Waals surface area contributed by atoms with Gasteiger partial charge in [0.2, 0.25) is 5.82 Å². The first-order valence-corrected chi connectivity index (χ1v) is 12.3. The number of unbranched alkanes of at least 4 members (excludes halogenated alkanes) is 1. The van der Waals surface area contributed by atoms with Gasteiger partial charge in [-0.1, -0.05) is 38.5 Å². The highest BCUT2D eigenvalue weighted by Gasteiger charge is 2.52. The van der Waals surface area contributed by atoms with Gasteiger partial charge < -0.3 is 14.0 Å². The Morgan fingerprint density at radius 3 is 2.35 bits per heavy atom. The molecule has 0 amide bonds. The molecule has 0 bridgehead atoms. The van der Waals surface area contributed by atoms with Crippen LogP contribution in [0.5, 0.6) is 0 Å². The molecule has 1 aromatic carbocycles. The van der Waals surface area contributed by atoms with Crippen molar-refractivity contribution in [3.05, 3.63) is 41.0 Å². The van der Waals surface area contributed by atoms with Crippen LogP contribution in [0, 0.1) is 0 Å². The first kappa shape index (κ1) is 26.8. The lowest BCUT2D eigenvalue weighted by molar-refractivity contribution is -0.0177. The van der Waals surface area contributed by atoms with Crippen LogP contribution in [0.3, 0.4) is 0 Å². The van der Waals surface area contributed by atoms with E-state index < -0.39 is 30.1 Å². The zero-order chi connectivity index (χ0) is 25.1. The molecular formula is C25H38BF2N3O3. The summed E-state index contributed by atoms with van der Waals surface area (Å²) in [7, 11) is -0.504. The molecule has 0 atom stereocenters. The average molecular weight is 477 g/mol. The quantitative estimate of drug-likeness (QED) is 0.426. The maximum absolute atomic E-state index is 14.3. The predicted octanol–water partition coefficient (Wildman–Crippen LogP) is 5.01. The Kier molecular flexibility index (Phi) is 8.20. The third-order valence-corrected chi connectivity index (χ3v) is 6.78. The maximum atomic E-state index is 14.3. The lowest BCUT2D eigenvalue weighted by Gasteiger charge is -2.32. The molecular weight excluding hydrogens is 439 g/mol. The lowest BCUT2D eigenvalue weighted by atomic mass is 9.75. The van der Waals surface area contributed by atoms with Crippen molar-refractivity contribution in [3.63, 3.8) is 0 Å². The lowest BCUT2D eigenvalue weighted by Crippen LogP contribution is -2.41. The molecule has 1 aliphatic heterocycles. The zero-order valence-corrected chi connectivity index (χ0v) is 21.6. The van der Waals surface area contributed by atoms with Crippen molar-refractivity contribution in [1.29, 1.82) is 0 Å². The molecule has 0 aliphatic carbocycles. The molecule has 34 heavy (non-hydrogen) atoms. The molecule has 1 fully saturated rings. The first-order valence-electron chi connectivity index (χ1n) is 12.3. The molecule has 1 saturated heterocycles. The normalized spacial score (nSPS) is 17.5. The van der Waals surface area contributed by atoms with Gasteiger partial charge in [-0.3, -0.25) is 0 Å². The van der Waals surface area contributed by atoms with Crippen LogP contribution in [0.15, 0.2) is 18.2 Å². The minimum absolute atomic E-state index is 0.328. The molecule has 0 radical (unpaired) electrons. The minimum Gasteiger partial charge on any atom is -0.399 e. The van der Waals surface area contributed by atoms with Gasteiger partial charge in [0.1, 0.15) is 5.82 Å². The summed E-state index contributed by atoms with van der Waals surface area (Å²) in [6.07, 6.45) is 2.10. The first-order chi connectivity index (χ1) is 15.9. The fraction of sp³-hybridized carbons (Fsp3) is 0.680. The SMILES string of the molecule is CCCCc1nc(C(F)(F)CC)nn1Cc1ccc(B2OC(C)(C)C(C)(C)O2)c(COCC)c1. The molecule has 6 nitrogen and oxygen atoms in total. The van der Waals surface area contributed by atoms with E-state index in [0.29, 0.717) is 32.0 Å². The van der Waals surface area contributed by atoms with E-state index in [1.807, 2.05) is 52.8 Å². The molecule has 1 aromatic heterocycles. The number of rotatable bonds is 11. The standard InChI is InChI=1S/C25H38BF2N3O3/c1-8-11-12-21-29-22(25(27,28)9-2)30-31(21)16-18-13-14-20(19(15-18)17-32-10-3)26-33-23(4,5)24(6,7)34-26/h13-15H,8-12,16-17H2,1-7H3. The third-order valence-electron chi connectivity index (χ3n) is 6.78. The van der Waals surface area contributed by atoms with E-state index in [0.717, 1.165) is 29.4 Å². The summed E-state index contributed by atoms with van der Waals surface area (Å²) < 4.78 is 48.5. The van der Waals surface area contributed by atoms with Crippen LogP contribution in [-0.2, 0) is 39.5 Å². The van der Waals surface area contributed by atoms with E-state index in [1.54, 1.807) is 4.68 Å². The molecule has 9 heteroatoms. The van der Waals surface area contributed by atoms with Crippen LogP contribution in [-0.4, -0.2) is 39.7 Å². The number of benzene rings is 1. The number of aromatic nitrogens is 3. The molecule has 0 spiro atoms.